The summed E-state index contributed by atoms with van der Waals surface area (Å²) in [6.45, 7) is 4.00. The molecule has 0 spiro atoms. The molecule has 2 aromatic heterocycles. The van der Waals surface area contributed by atoms with Crippen LogP contribution in [0, 0.1) is 13.8 Å². The van der Waals surface area contributed by atoms with E-state index >= 15 is 0 Å². The van der Waals surface area contributed by atoms with Crippen molar-refractivity contribution in [3.8, 4) is 0 Å². The molecule has 5 nitrogen and oxygen atoms in total. The maximum Gasteiger partial charge on any atom is 0.259 e. The van der Waals surface area contributed by atoms with E-state index in [4.69, 9.17) is 4.52 Å². The van der Waals surface area contributed by atoms with Crippen LogP contribution in [0.5, 0.6) is 0 Å². The molecule has 2 rings (SSSR count). The molecule has 0 saturated heterocycles. The maximum absolute atomic E-state index is 12.2. The monoisotopic (exact) mass is 251 g/mol. The molecule has 0 aliphatic rings. The van der Waals surface area contributed by atoms with Crippen molar-refractivity contribution in [2.24, 2.45) is 0 Å². The van der Waals surface area contributed by atoms with Crippen molar-refractivity contribution in [2.45, 2.75) is 20.4 Å². The molecule has 0 unspecified atom stereocenters. The number of rotatable bonds is 3. The summed E-state index contributed by atoms with van der Waals surface area (Å²) < 4.78 is 4.99. The van der Waals surface area contributed by atoms with Crippen molar-refractivity contribution >= 4 is 17.2 Å². The first kappa shape index (κ1) is 11.8. The third-order valence-corrected chi connectivity index (χ3v) is 3.11. The third-order valence-electron chi connectivity index (χ3n) is 2.48. The topological polar surface area (TPSA) is 59.2 Å². The van der Waals surface area contributed by atoms with Gasteiger partial charge in [0.15, 0.2) is 0 Å². The first-order valence-electron chi connectivity index (χ1n) is 5.15. The van der Waals surface area contributed by atoms with E-state index in [0.29, 0.717) is 23.6 Å². The molecule has 0 aliphatic carbocycles. The maximum atomic E-state index is 12.2. The van der Waals surface area contributed by atoms with Crippen molar-refractivity contribution in [2.75, 3.05) is 7.05 Å². The molecule has 0 atom stereocenters. The van der Waals surface area contributed by atoms with E-state index in [0.717, 1.165) is 5.69 Å². The van der Waals surface area contributed by atoms with Crippen LogP contribution in [-0.4, -0.2) is 28.0 Å². The minimum atomic E-state index is -0.0887. The van der Waals surface area contributed by atoms with Gasteiger partial charge in [0.05, 0.1) is 23.4 Å². The Bertz CT molecular complexity index is 499. The summed E-state index contributed by atoms with van der Waals surface area (Å²) in [6.07, 6.45) is 0. The van der Waals surface area contributed by atoms with Crippen LogP contribution in [-0.2, 0) is 6.54 Å². The van der Waals surface area contributed by atoms with Crippen LogP contribution in [0.25, 0.3) is 0 Å². The minimum absolute atomic E-state index is 0.0887. The van der Waals surface area contributed by atoms with Crippen LogP contribution in [0.4, 0.5) is 0 Å². The third kappa shape index (κ3) is 2.36. The number of aromatic nitrogens is 2. The molecule has 0 fully saturated rings. The van der Waals surface area contributed by atoms with Crippen molar-refractivity contribution in [3.63, 3.8) is 0 Å². The first-order valence-corrected chi connectivity index (χ1v) is 6.09. The normalized spacial score (nSPS) is 10.5. The molecule has 90 valence electrons. The minimum Gasteiger partial charge on any atom is -0.361 e. The lowest BCUT2D eigenvalue weighted by molar-refractivity contribution is 0.0781. The summed E-state index contributed by atoms with van der Waals surface area (Å²) in [5.41, 5.74) is 3.81. The van der Waals surface area contributed by atoms with Crippen molar-refractivity contribution < 1.29 is 9.32 Å². The van der Waals surface area contributed by atoms with Gasteiger partial charge in [-0.2, -0.15) is 0 Å². The van der Waals surface area contributed by atoms with Crippen LogP contribution in [0.15, 0.2) is 15.4 Å². The van der Waals surface area contributed by atoms with E-state index in [9.17, 15) is 4.79 Å². The SMILES string of the molecule is Cc1noc(C)c1C(=O)N(C)Cc1cscn1. The summed E-state index contributed by atoms with van der Waals surface area (Å²) in [5.74, 6) is 0.465. The number of hydrogen-bond acceptors (Lipinski definition) is 5. The largest absolute Gasteiger partial charge is 0.361 e. The zero-order valence-corrected chi connectivity index (χ0v) is 10.7. The predicted octanol–water partition coefficient (Wildman–Crippen LogP) is 2.02. The lowest BCUT2D eigenvalue weighted by Gasteiger charge is -2.15. The molecule has 2 heterocycles. The average Bonchev–Trinajstić information content (AvgIpc) is 2.89. The number of thiazole rings is 1. The second-order valence-electron chi connectivity index (χ2n) is 3.84. The van der Waals surface area contributed by atoms with Gasteiger partial charge >= 0.3 is 0 Å². The number of aryl methyl sites for hydroxylation is 2. The fourth-order valence-electron chi connectivity index (χ4n) is 1.61. The first-order chi connectivity index (χ1) is 8.09. The van der Waals surface area contributed by atoms with Gasteiger partial charge in [-0.25, -0.2) is 4.98 Å². The van der Waals surface area contributed by atoms with E-state index < -0.39 is 0 Å². The Labute approximate surface area is 103 Å². The summed E-state index contributed by atoms with van der Waals surface area (Å²) in [5, 5.41) is 5.71. The highest BCUT2D eigenvalue weighted by Gasteiger charge is 2.21. The molecule has 0 saturated carbocycles. The van der Waals surface area contributed by atoms with Crippen LogP contribution < -0.4 is 0 Å². The Balaban J connectivity index is 2.15. The molecule has 0 aliphatic heterocycles. The number of amides is 1. The van der Waals surface area contributed by atoms with E-state index in [1.165, 1.54) is 11.3 Å². The number of carbonyl (C=O) groups is 1. The van der Waals surface area contributed by atoms with Gasteiger partial charge in [0.25, 0.3) is 5.91 Å². The Kier molecular flexibility index (Phi) is 3.23. The highest BCUT2D eigenvalue weighted by molar-refractivity contribution is 7.07. The predicted molar refractivity (Wildman–Crippen MR) is 63.9 cm³/mol. The van der Waals surface area contributed by atoms with Gasteiger partial charge in [-0.15, -0.1) is 11.3 Å². The number of carbonyl (C=O) groups excluding carboxylic acids is 1. The van der Waals surface area contributed by atoms with Crippen LogP contribution in [0.3, 0.4) is 0 Å². The Morgan fingerprint density at radius 2 is 2.29 bits per heavy atom. The van der Waals surface area contributed by atoms with Crippen LogP contribution >= 0.6 is 11.3 Å². The summed E-state index contributed by atoms with van der Waals surface area (Å²) in [7, 11) is 1.74. The molecular weight excluding hydrogens is 238 g/mol. The molecule has 17 heavy (non-hydrogen) atoms. The van der Waals surface area contributed by atoms with Gasteiger partial charge in [-0.1, -0.05) is 5.16 Å². The Morgan fingerprint density at radius 1 is 1.53 bits per heavy atom. The summed E-state index contributed by atoms with van der Waals surface area (Å²) >= 11 is 1.52. The molecule has 6 heteroatoms. The summed E-state index contributed by atoms with van der Waals surface area (Å²) in [4.78, 5) is 17.9. The van der Waals surface area contributed by atoms with Crippen molar-refractivity contribution in [1.29, 1.82) is 0 Å². The lowest BCUT2D eigenvalue weighted by Crippen LogP contribution is -2.27. The molecular formula is C11H13N3O2S. The number of nitrogens with zero attached hydrogens (tertiary/aromatic N) is 3. The molecule has 0 bridgehead atoms. The molecule has 1 amide bonds. The lowest BCUT2D eigenvalue weighted by atomic mass is 10.2. The van der Waals surface area contributed by atoms with Crippen molar-refractivity contribution in [3.05, 3.63) is 33.6 Å². The van der Waals surface area contributed by atoms with Gasteiger partial charge in [-0.05, 0) is 13.8 Å². The zero-order chi connectivity index (χ0) is 12.4. The second kappa shape index (κ2) is 4.67. The van der Waals surface area contributed by atoms with Crippen LogP contribution in [0.2, 0.25) is 0 Å². The highest BCUT2D eigenvalue weighted by Crippen LogP contribution is 2.15. The van der Waals surface area contributed by atoms with Gasteiger partial charge in [-0.3, -0.25) is 4.79 Å². The van der Waals surface area contributed by atoms with E-state index in [-0.39, 0.29) is 5.91 Å². The van der Waals surface area contributed by atoms with Crippen molar-refractivity contribution in [1.82, 2.24) is 15.0 Å². The molecule has 2 aromatic rings. The fourth-order valence-corrected chi connectivity index (χ4v) is 2.16. The zero-order valence-electron chi connectivity index (χ0n) is 9.93. The standard InChI is InChI=1S/C11H13N3O2S/c1-7-10(8(2)16-13-7)11(15)14(3)4-9-5-17-6-12-9/h5-6H,4H2,1-3H3. The second-order valence-corrected chi connectivity index (χ2v) is 4.56. The van der Waals surface area contributed by atoms with E-state index in [2.05, 4.69) is 10.1 Å². The van der Waals surface area contributed by atoms with Crippen LogP contribution in [0.1, 0.15) is 27.5 Å². The quantitative estimate of drug-likeness (QED) is 0.837. The van der Waals surface area contributed by atoms with Gasteiger partial charge in [0.1, 0.15) is 11.3 Å². The fraction of sp³-hybridized carbons (Fsp3) is 0.364. The Hall–Kier alpha value is -1.69. The van der Waals surface area contributed by atoms with E-state index in [1.54, 1.807) is 31.3 Å². The molecule has 0 N–H and O–H groups in total. The summed E-state index contributed by atoms with van der Waals surface area (Å²) in [6, 6.07) is 0. The van der Waals surface area contributed by atoms with E-state index in [1.807, 2.05) is 5.38 Å². The average molecular weight is 251 g/mol. The smallest absolute Gasteiger partial charge is 0.259 e. The molecule has 0 aromatic carbocycles. The number of hydrogen-bond donors (Lipinski definition) is 0. The molecule has 0 radical (unpaired) electrons. The van der Waals surface area contributed by atoms with Gasteiger partial charge in [0, 0.05) is 12.4 Å². The Morgan fingerprint density at radius 3 is 2.82 bits per heavy atom. The van der Waals surface area contributed by atoms with Gasteiger partial charge in [0.2, 0.25) is 0 Å². The highest BCUT2D eigenvalue weighted by atomic mass is 32.1. The van der Waals surface area contributed by atoms with Gasteiger partial charge < -0.3 is 9.42 Å².